The molecule has 138 valence electrons. The Hall–Kier alpha value is -2.86. The quantitative estimate of drug-likeness (QED) is 0.577. The van der Waals surface area contributed by atoms with E-state index in [0.29, 0.717) is 5.92 Å². The molecule has 4 heterocycles. The number of hydrogen-bond donors (Lipinski definition) is 2. The van der Waals surface area contributed by atoms with Gasteiger partial charge in [-0.05, 0) is 31.5 Å². The number of hydrogen-bond acceptors (Lipinski definition) is 3. The van der Waals surface area contributed by atoms with Crippen molar-refractivity contribution < 1.29 is 0 Å². The number of piperidine rings is 1. The molecule has 0 unspecified atom stereocenters. The van der Waals surface area contributed by atoms with Crippen molar-refractivity contribution in [2.45, 2.75) is 18.8 Å². The number of imidazole rings is 1. The molecule has 0 spiro atoms. The van der Waals surface area contributed by atoms with Crippen molar-refractivity contribution in [3.63, 3.8) is 0 Å². The normalized spacial score (nSPS) is 15.8. The van der Waals surface area contributed by atoms with Crippen LogP contribution in [0.3, 0.4) is 0 Å². The van der Waals surface area contributed by atoms with Crippen molar-refractivity contribution in [2.24, 2.45) is 14.1 Å². The predicted molar refractivity (Wildman–Crippen MR) is 108 cm³/mol. The fourth-order valence-electron chi connectivity index (χ4n) is 4.48. The summed E-state index contributed by atoms with van der Waals surface area (Å²) in [7, 11) is 3.65. The maximum absolute atomic E-state index is 12.6. The molecular formula is C21H23N5O. The largest absolute Gasteiger partial charge is 0.342 e. The summed E-state index contributed by atoms with van der Waals surface area (Å²) in [6.07, 6.45) is 4.00. The molecule has 0 amide bonds. The number of aryl methyl sites for hydroxylation is 2. The summed E-state index contributed by atoms with van der Waals surface area (Å²) in [6.45, 7) is 2.06. The van der Waals surface area contributed by atoms with E-state index in [1.807, 2.05) is 13.1 Å². The summed E-state index contributed by atoms with van der Waals surface area (Å²) in [5.74, 6) is 0.464. The van der Waals surface area contributed by atoms with Crippen molar-refractivity contribution in [2.75, 3.05) is 13.1 Å². The number of rotatable bonds is 2. The highest BCUT2D eigenvalue weighted by atomic mass is 16.1. The topological polar surface area (TPSA) is 67.6 Å². The molecule has 1 saturated heterocycles. The first kappa shape index (κ1) is 16.3. The van der Waals surface area contributed by atoms with Crippen molar-refractivity contribution in [3.8, 4) is 11.1 Å². The number of H-pyrrole nitrogens is 1. The Morgan fingerprint density at radius 3 is 2.56 bits per heavy atom. The third-order valence-corrected chi connectivity index (χ3v) is 5.89. The van der Waals surface area contributed by atoms with Gasteiger partial charge in [0.25, 0.3) is 0 Å². The van der Waals surface area contributed by atoms with Crippen LogP contribution in [0.4, 0.5) is 0 Å². The molecule has 4 aromatic rings. The van der Waals surface area contributed by atoms with E-state index in [9.17, 15) is 4.79 Å². The first-order valence-corrected chi connectivity index (χ1v) is 9.49. The van der Waals surface area contributed by atoms with E-state index >= 15 is 0 Å². The lowest BCUT2D eigenvalue weighted by Gasteiger charge is -2.23. The van der Waals surface area contributed by atoms with Gasteiger partial charge < -0.3 is 10.3 Å². The lowest BCUT2D eigenvalue weighted by molar-refractivity contribution is 0.455. The highest BCUT2D eigenvalue weighted by Gasteiger charge is 2.26. The first-order valence-electron chi connectivity index (χ1n) is 9.49. The Morgan fingerprint density at radius 1 is 1.07 bits per heavy atom. The van der Waals surface area contributed by atoms with Crippen LogP contribution < -0.4 is 11.0 Å². The zero-order valence-corrected chi connectivity index (χ0v) is 15.6. The second-order valence-corrected chi connectivity index (χ2v) is 7.42. The zero-order chi connectivity index (χ0) is 18.5. The third-order valence-electron chi connectivity index (χ3n) is 5.89. The molecule has 27 heavy (non-hydrogen) atoms. The molecule has 0 radical (unpaired) electrons. The minimum atomic E-state index is -0.0251. The van der Waals surface area contributed by atoms with Gasteiger partial charge in [-0.25, -0.2) is 9.78 Å². The van der Waals surface area contributed by atoms with Crippen LogP contribution in [0.25, 0.3) is 33.2 Å². The zero-order valence-electron chi connectivity index (χ0n) is 15.6. The van der Waals surface area contributed by atoms with E-state index in [2.05, 4.69) is 39.6 Å². The van der Waals surface area contributed by atoms with E-state index in [4.69, 9.17) is 0 Å². The number of nitrogens with zero attached hydrogens (tertiary/aromatic N) is 3. The van der Waals surface area contributed by atoms with E-state index in [-0.39, 0.29) is 5.69 Å². The van der Waals surface area contributed by atoms with Gasteiger partial charge in [0.05, 0.1) is 22.6 Å². The summed E-state index contributed by atoms with van der Waals surface area (Å²) in [6, 6.07) is 10.5. The van der Waals surface area contributed by atoms with Crippen LogP contribution in [0.15, 0.2) is 41.3 Å². The summed E-state index contributed by atoms with van der Waals surface area (Å²) >= 11 is 0. The van der Waals surface area contributed by atoms with Gasteiger partial charge in [-0.2, -0.15) is 0 Å². The van der Waals surface area contributed by atoms with Crippen molar-refractivity contribution in [3.05, 3.63) is 52.7 Å². The van der Waals surface area contributed by atoms with Gasteiger partial charge in [0, 0.05) is 31.3 Å². The molecule has 6 nitrogen and oxygen atoms in total. The van der Waals surface area contributed by atoms with Gasteiger partial charge in [-0.15, -0.1) is 0 Å². The number of fused-ring (bicyclic) bond motifs is 3. The van der Waals surface area contributed by atoms with Crippen molar-refractivity contribution in [1.29, 1.82) is 0 Å². The number of pyridine rings is 1. The Balaban J connectivity index is 1.92. The number of benzene rings is 1. The molecule has 0 bridgehead atoms. The molecule has 0 atom stereocenters. The molecule has 1 aliphatic heterocycles. The summed E-state index contributed by atoms with van der Waals surface area (Å²) in [5, 5.41) is 4.50. The average Bonchev–Trinajstić information content (AvgIpc) is 3.21. The Labute approximate surface area is 156 Å². The van der Waals surface area contributed by atoms with Crippen LogP contribution in [-0.4, -0.2) is 32.2 Å². The molecule has 5 rings (SSSR count). The lowest BCUT2D eigenvalue weighted by atomic mass is 9.89. The van der Waals surface area contributed by atoms with E-state index < -0.39 is 0 Å². The number of aromatic amines is 1. The van der Waals surface area contributed by atoms with Crippen LogP contribution in [-0.2, 0) is 14.1 Å². The average molecular weight is 361 g/mol. The second-order valence-electron chi connectivity index (χ2n) is 7.42. The van der Waals surface area contributed by atoms with Crippen LogP contribution in [0, 0.1) is 0 Å². The fourth-order valence-corrected chi connectivity index (χ4v) is 4.48. The third kappa shape index (κ3) is 2.36. The van der Waals surface area contributed by atoms with Gasteiger partial charge in [-0.1, -0.05) is 30.3 Å². The predicted octanol–water partition coefficient (Wildman–Crippen LogP) is 2.89. The van der Waals surface area contributed by atoms with Gasteiger partial charge >= 0.3 is 5.69 Å². The highest BCUT2D eigenvalue weighted by molar-refractivity contribution is 6.11. The van der Waals surface area contributed by atoms with Gasteiger partial charge in [0.1, 0.15) is 5.65 Å². The molecule has 0 aliphatic carbocycles. The number of nitrogens with one attached hydrogen (secondary N) is 2. The Kier molecular flexibility index (Phi) is 3.68. The van der Waals surface area contributed by atoms with Crippen LogP contribution in [0.5, 0.6) is 0 Å². The Bertz CT molecular complexity index is 1190. The second kappa shape index (κ2) is 6.09. The Morgan fingerprint density at radius 2 is 1.81 bits per heavy atom. The highest BCUT2D eigenvalue weighted by Crippen LogP contribution is 2.40. The van der Waals surface area contributed by atoms with Crippen molar-refractivity contribution in [1.82, 2.24) is 24.4 Å². The summed E-state index contributed by atoms with van der Waals surface area (Å²) in [4.78, 5) is 20.9. The lowest BCUT2D eigenvalue weighted by Crippen LogP contribution is -2.27. The van der Waals surface area contributed by atoms with Gasteiger partial charge in [0.15, 0.2) is 0 Å². The molecule has 3 aromatic heterocycles. The maximum Gasteiger partial charge on any atom is 0.328 e. The van der Waals surface area contributed by atoms with E-state index in [0.717, 1.165) is 48.0 Å². The first-order chi connectivity index (χ1) is 13.2. The minimum absolute atomic E-state index is 0.0251. The van der Waals surface area contributed by atoms with E-state index in [1.54, 1.807) is 22.4 Å². The van der Waals surface area contributed by atoms with Crippen LogP contribution in [0.2, 0.25) is 0 Å². The van der Waals surface area contributed by atoms with Crippen LogP contribution in [0.1, 0.15) is 24.5 Å². The standard InChI is InChI=1S/C21H23N5O/c1-25-15-12-23-20-17(19(15)26(2)21(25)27)16(13-6-4-3-5-7-13)18(24-20)14-8-10-22-11-9-14/h3-7,12,14,22H,8-11H2,1-2H3,(H,23,24). The molecule has 2 N–H and O–H groups in total. The van der Waals surface area contributed by atoms with Crippen molar-refractivity contribution >= 4 is 22.1 Å². The fraction of sp³-hybridized carbons (Fsp3) is 0.333. The SMILES string of the molecule is Cn1c(=O)n(C)c2c3c(-c4ccccc4)c(C4CCNCC4)[nH]c3ncc21. The molecule has 0 saturated carbocycles. The maximum atomic E-state index is 12.6. The molecule has 1 aromatic carbocycles. The molecular weight excluding hydrogens is 338 g/mol. The molecule has 1 fully saturated rings. The van der Waals surface area contributed by atoms with Crippen LogP contribution >= 0.6 is 0 Å². The smallest absolute Gasteiger partial charge is 0.328 e. The summed E-state index contributed by atoms with van der Waals surface area (Å²) < 4.78 is 3.42. The molecule has 6 heteroatoms. The summed E-state index contributed by atoms with van der Waals surface area (Å²) in [5.41, 5.74) is 6.25. The minimum Gasteiger partial charge on any atom is -0.342 e. The van der Waals surface area contributed by atoms with E-state index in [1.165, 1.54) is 16.8 Å². The monoisotopic (exact) mass is 361 g/mol. The number of aromatic nitrogens is 4. The van der Waals surface area contributed by atoms with Gasteiger partial charge in [0.2, 0.25) is 0 Å². The molecule has 1 aliphatic rings. The van der Waals surface area contributed by atoms with Gasteiger partial charge in [-0.3, -0.25) is 9.13 Å².